The Hall–Kier alpha value is -2.79. The van der Waals surface area contributed by atoms with Crippen molar-refractivity contribution < 1.29 is 4.79 Å². The molecule has 7 nitrogen and oxygen atoms in total. The Bertz CT molecular complexity index is 888. The maximum Gasteiger partial charge on any atom is 0.286 e. The third kappa shape index (κ3) is 2.42. The molecule has 0 fully saturated rings. The molecule has 2 aromatic heterocycles. The van der Waals surface area contributed by atoms with Crippen molar-refractivity contribution in [2.24, 2.45) is 0 Å². The van der Waals surface area contributed by atoms with Gasteiger partial charge in [-0.05, 0) is 12.1 Å². The van der Waals surface area contributed by atoms with Gasteiger partial charge in [0.25, 0.3) is 5.91 Å². The van der Waals surface area contributed by atoms with Crippen LogP contribution in [-0.2, 0) is 0 Å². The minimum absolute atomic E-state index is 0.160. The molecule has 3 aromatic rings. The molecule has 110 valence electrons. The number of rotatable bonds is 3. The normalized spacial score (nSPS) is 10.8. The molecule has 0 aliphatic rings. The smallest absolute Gasteiger partial charge is 0.286 e. The van der Waals surface area contributed by atoms with Gasteiger partial charge in [-0.15, -0.1) is 15.3 Å². The first-order valence-corrected chi connectivity index (χ1v) is 7.44. The lowest BCUT2D eigenvalue weighted by molar-refractivity contribution is 0.102. The van der Waals surface area contributed by atoms with Crippen LogP contribution in [0.15, 0.2) is 24.3 Å². The van der Waals surface area contributed by atoms with Crippen LogP contribution in [0.4, 0.5) is 5.69 Å². The summed E-state index contributed by atoms with van der Waals surface area (Å²) in [5.74, 6) is 0.503. The Balaban J connectivity index is 1.91. The Morgan fingerprint density at radius 3 is 2.86 bits per heavy atom. The zero-order valence-corrected chi connectivity index (χ0v) is 12.8. The highest BCUT2D eigenvalue weighted by Gasteiger charge is 2.19. The van der Waals surface area contributed by atoms with E-state index in [1.807, 2.05) is 19.9 Å². The fourth-order valence-electron chi connectivity index (χ4n) is 1.95. The van der Waals surface area contributed by atoms with Gasteiger partial charge in [0, 0.05) is 5.92 Å². The maximum absolute atomic E-state index is 12.3. The summed E-state index contributed by atoms with van der Waals surface area (Å²) in [5.41, 5.74) is 0.867. The topological polar surface area (TPSA) is 96.0 Å². The summed E-state index contributed by atoms with van der Waals surface area (Å²) in [6.45, 7) is 3.97. The number of nitrogens with zero attached hydrogens (tertiary/aromatic N) is 5. The molecule has 0 bridgehead atoms. The number of amides is 1. The number of aromatic nitrogens is 4. The van der Waals surface area contributed by atoms with Gasteiger partial charge < -0.3 is 5.32 Å². The van der Waals surface area contributed by atoms with Crippen LogP contribution in [0.5, 0.6) is 0 Å². The Kier molecular flexibility index (Phi) is 3.56. The molecule has 1 aromatic carbocycles. The van der Waals surface area contributed by atoms with Crippen LogP contribution in [0.3, 0.4) is 0 Å². The largest absolute Gasteiger partial charge is 0.319 e. The van der Waals surface area contributed by atoms with Crippen molar-refractivity contribution in [3.8, 4) is 6.07 Å². The van der Waals surface area contributed by atoms with E-state index < -0.39 is 0 Å². The summed E-state index contributed by atoms with van der Waals surface area (Å²) >= 11 is 1.16. The SMILES string of the molecule is CC(C)c1nnc2sc(C(=O)Nc3ccccc3C#N)nn12. The van der Waals surface area contributed by atoms with E-state index in [2.05, 4.69) is 20.6 Å². The van der Waals surface area contributed by atoms with Crippen LogP contribution < -0.4 is 5.32 Å². The zero-order valence-electron chi connectivity index (χ0n) is 11.9. The molecule has 0 radical (unpaired) electrons. The molecular weight excluding hydrogens is 300 g/mol. The third-order valence-corrected chi connectivity index (χ3v) is 3.92. The maximum atomic E-state index is 12.3. The quantitative estimate of drug-likeness (QED) is 0.801. The number of nitrogens with one attached hydrogen (secondary N) is 1. The molecule has 8 heteroatoms. The first-order chi connectivity index (χ1) is 10.6. The van der Waals surface area contributed by atoms with E-state index in [0.29, 0.717) is 22.0 Å². The van der Waals surface area contributed by atoms with Gasteiger partial charge in [-0.25, -0.2) is 0 Å². The molecule has 3 rings (SSSR count). The number of benzene rings is 1. The number of hydrogen-bond acceptors (Lipinski definition) is 6. The second-order valence-corrected chi connectivity index (χ2v) is 5.88. The number of carbonyl (C=O) groups is 1. The number of nitriles is 1. The molecule has 0 saturated heterocycles. The van der Waals surface area contributed by atoms with Crippen molar-refractivity contribution in [1.82, 2.24) is 19.8 Å². The molecule has 1 N–H and O–H groups in total. The average molecular weight is 312 g/mol. The second-order valence-electron chi connectivity index (χ2n) is 4.93. The van der Waals surface area contributed by atoms with Crippen molar-refractivity contribution in [1.29, 1.82) is 5.26 Å². The lowest BCUT2D eigenvalue weighted by Crippen LogP contribution is -2.13. The minimum atomic E-state index is -0.368. The van der Waals surface area contributed by atoms with Gasteiger partial charge in [-0.3, -0.25) is 4.79 Å². The Morgan fingerprint density at radius 2 is 2.14 bits per heavy atom. The van der Waals surface area contributed by atoms with Gasteiger partial charge in [0.15, 0.2) is 5.82 Å². The van der Waals surface area contributed by atoms with Crippen molar-refractivity contribution in [3.63, 3.8) is 0 Å². The van der Waals surface area contributed by atoms with Crippen molar-refractivity contribution in [2.45, 2.75) is 19.8 Å². The van der Waals surface area contributed by atoms with Gasteiger partial charge >= 0.3 is 0 Å². The number of anilines is 1. The fourth-order valence-corrected chi connectivity index (χ4v) is 2.69. The number of carbonyl (C=O) groups excluding carboxylic acids is 1. The third-order valence-electron chi connectivity index (χ3n) is 3.02. The number of hydrogen-bond donors (Lipinski definition) is 1. The van der Waals surface area contributed by atoms with Gasteiger partial charge in [-0.2, -0.15) is 9.78 Å². The van der Waals surface area contributed by atoms with E-state index in [4.69, 9.17) is 5.26 Å². The Morgan fingerprint density at radius 1 is 1.36 bits per heavy atom. The lowest BCUT2D eigenvalue weighted by Gasteiger charge is -2.04. The summed E-state index contributed by atoms with van der Waals surface area (Å²) in [5, 5.41) is 24.4. The van der Waals surface area contributed by atoms with Crippen molar-refractivity contribution in [3.05, 3.63) is 40.7 Å². The monoisotopic (exact) mass is 312 g/mol. The first kappa shape index (κ1) is 14.2. The summed E-state index contributed by atoms with van der Waals surface area (Å²) in [4.78, 5) is 12.9. The van der Waals surface area contributed by atoms with Crippen LogP contribution in [0, 0.1) is 11.3 Å². The molecule has 0 aliphatic heterocycles. The molecule has 0 atom stereocenters. The van der Waals surface area contributed by atoms with E-state index in [9.17, 15) is 4.79 Å². The molecule has 0 spiro atoms. The average Bonchev–Trinajstić information content (AvgIpc) is 3.07. The molecule has 2 heterocycles. The first-order valence-electron chi connectivity index (χ1n) is 6.62. The van der Waals surface area contributed by atoms with E-state index in [1.54, 1.807) is 28.8 Å². The highest BCUT2D eigenvalue weighted by molar-refractivity contribution is 7.18. The summed E-state index contributed by atoms with van der Waals surface area (Å²) in [6, 6.07) is 8.86. The van der Waals surface area contributed by atoms with Gasteiger partial charge in [0.1, 0.15) is 6.07 Å². The molecule has 22 heavy (non-hydrogen) atoms. The van der Waals surface area contributed by atoms with E-state index >= 15 is 0 Å². The van der Waals surface area contributed by atoms with E-state index in [1.165, 1.54) is 0 Å². The zero-order chi connectivity index (χ0) is 15.7. The molecular formula is C14H12N6OS. The van der Waals surface area contributed by atoms with E-state index in [-0.39, 0.29) is 16.8 Å². The number of fused-ring (bicyclic) bond motifs is 1. The molecule has 1 amide bonds. The predicted molar refractivity (Wildman–Crippen MR) is 81.9 cm³/mol. The lowest BCUT2D eigenvalue weighted by atomic mass is 10.2. The highest BCUT2D eigenvalue weighted by atomic mass is 32.1. The second kappa shape index (κ2) is 5.54. The predicted octanol–water partition coefficient (Wildman–Crippen LogP) is 2.43. The fraction of sp³-hybridized carbons (Fsp3) is 0.214. The Labute approximate surface area is 130 Å². The van der Waals surface area contributed by atoms with Gasteiger partial charge in [-0.1, -0.05) is 37.3 Å². The summed E-state index contributed by atoms with van der Waals surface area (Å²) in [7, 11) is 0. The van der Waals surface area contributed by atoms with Crippen LogP contribution in [0.2, 0.25) is 0 Å². The summed E-state index contributed by atoms with van der Waals surface area (Å²) in [6.07, 6.45) is 0. The standard InChI is InChI=1S/C14H12N6OS/c1-8(2)11-17-18-14-20(11)19-13(22-14)12(21)16-10-6-4-3-5-9(10)7-15/h3-6,8H,1-2H3,(H,16,21). The van der Waals surface area contributed by atoms with Gasteiger partial charge in [0.05, 0.1) is 11.3 Å². The van der Waals surface area contributed by atoms with Crippen LogP contribution in [-0.4, -0.2) is 25.7 Å². The highest BCUT2D eigenvalue weighted by Crippen LogP contribution is 2.20. The minimum Gasteiger partial charge on any atom is -0.319 e. The van der Waals surface area contributed by atoms with Gasteiger partial charge in [0.2, 0.25) is 9.97 Å². The molecule has 0 unspecified atom stereocenters. The van der Waals surface area contributed by atoms with Crippen LogP contribution >= 0.6 is 11.3 Å². The van der Waals surface area contributed by atoms with Crippen molar-refractivity contribution >= 4 is 27.9 Å². The molecule has 0 aliphatic carbocycles. The van der Waals surface area contributed by atoms with Crippen LogP contribution in [0.1, 0.15) is 41.0 Å². The molecule has 0 saturated carbocycles. The van der Waals surface area contributed by atoms with Crippen LogP contribution in [0.25, 0.3) is 4.96 Å². The van der Waals surface area contributed by atoms with Crippen molar-refractivity contribution in [2.75, 3.05) is 5.32 Å². The van der Waals surface area contributed by atoms with E-state index in [0.717, 1.165) is 11.3 Å². The summed E-state index contributed by atoms with van der Waals surface area (Å²) < 4.78 is 1.58. The number of para-hydroxylation sites is 1.